The van der Waals surface area contributed by atoms with E-state index in [1.54, 1.807) is 26.8 Å². The van der Waals surface area contributed by atoms with Crippen LogP contribution in [0.25, 0.3) is 0 Å². The normalized spacial score (nSPS) is 48.3. The van der Waals surface area contributed by atoms with Crippen molar-refractivity contribution in [3.63, 3.8) is 0 Å². The van der Waals surface area contributed by atoms with E-state index in [1.807, 2.05) is 13.8 Å². The van der Waals surface area contributed by atoms with Crippen LogP contribution in [0, 0.1) is 28.6 Å². The van der Waals surface area contributed by atoms with Crippen LogP contribution in [0.3, 0.4) is 0 Å². The first kappa shape index (κ1) is 27.0. The van der Waals surface area contributed by atoms with Crippen molar-refractivity contribution < 1.29 is 39.9 Å². The standard InChI is InChI=1S/C29H42O8/c1-14-16(15(2)30)10-24(37-25(14)34)28(5,35)23-7-9-29(36)18-11-20(31)19-12-21(32)22(33)13-26(19,3)17(18)6-8-27(23,29)4/h11,15,17,19,21-24,30,32-33,35-36H,6-10,12-13H2,1-5H3/t15?,17-,19-,21+,22-,23-,24+,26+,27+,28+,29+/m0/s1. The zero-order valence-electron chi connectivity index (χ0n) is 22.5. The van der Waals surface area contributed by atoms with Gasteiger partial charge in [-0.3, -0.25) is 4.79 Å². The molecule has 0 amide bonds. The molecule has 5 aliphatic rings. The Morgan fingerprint density at radius 1 is 1.11 bits per heavy atom. The lowest BCUT2D eigenvalue weighted by Crippen LogP contribution is -2.63. The second-order valence-corrected chi connectivity index (χ2v) is 13.2. The van der Waals surface area contributed by atoms with Crippen molar-refractivity contribution in [2.24, 2.45) is 28.6 Å². The molecule has 0 saturated heterocycles. The van der Waals surface area contributed by atoms with Crippen LogP contribution in [-0.2, 0) is 14.3 Å². The van der Waals surface area contributed by atoms with Crippen LogP contribution in [0.15, 0.2) is 22.8 Å². The van der Waals surface area contributed by atoms with Crippen molar-refractivity contribution >= 4 is 11.8 Å². The number of cyclic esters (lactones) is 1. The van der Waals surface area contributed by atoms with Gasteiger partial charge in [-0.1, -0.05) is 13.8 Å². The summed E-state index contributed by atoms with van der Waals surface area (Å²) in [5.74, 6) is -1.59. The maximum Gasteiger partial charge on any atom is 0.334 e. The van der Waals surface area contributed by atoms with Crippen LogP contribution in [0.2, 0.25) is 0 Å². The molecule has 0 aromatic rings. The number of carbonyl (C=O) groups excluding carboxylic acids is 2. The fourth-order valence-corrected chi connectivity index (χ4v) is 9.08. The minimum Gasteiger partial charge on any atom is -0.456 e. The van der Waals surface area contributed by atoms with Crippen molar-refractivity contribution in [2.45, 2.75) is 115 Å². The van der Waals surface area contributed by atoms with Crippen LogP contribution >= 0.6 is 0 Å². The third-order valence-electron chi connectivity index (χ3n) is 11.4. The summed E-state index contributed by atoms with van der Waals surface area (Å²) >= 11 is 0. The zero-order valence-corrected chi connectivity index (χ0v) is 22.5. The number of allylic oxidation sites excluding steroid dienone is 1. The highest BCUT2D eigenvalue weighted by atomic mass is 16.6. The molecule has 0 spiro atoms. The first-order valence-corrected chi connectivity index (χ1v) is 13.7. The Bertz CT molecular complexity index is 1070. The second kappa shape index (κ2) is 8.46. The predicted octanol–water partition coefficient (Wildman–Crippen LogP) is 1.95. The SMILES string of the molecule is CC1=C(C(C)O)C[C@H]([C@](C)(O)[C@H]2CC[C@@]3(O)C4=CC(=O)[C@@H]5C[C@@H](O)[C@@H](O)C[C@]5(C)[C@H]4CC[C@]23C)OC1=O. The number of fused-ring (bicyclic) bond motifs is 5. The van der Waals surface area contributed by atoms with Gasteiger partial charge in [-0.2, -0.15) is 0 Å². The monoisotopic (exact) mass is 518 g/mol. The minimum atomic E-state index is -1.47. The molecule has 5 rings (SSSR count). The van der Waals surface area contributed by atoms with Gasteiger partial charge >= 0.3 is 5.97 Å². The van der Waals surface area contributed by atoms with Gasteiger partial charge < -0.3 is 30.3 Å². The molecule has 8 nitrogen and oxygen atoms in total. The van der Waals surface area contributed by atoms with Crippen LogP contribution in [0.4, 0.5) is 0 Å². The van der Waals surface area contributed by atoms with Crippen molar-refractivity contribution in [1.29, 1.82) is 0 Å². The molecular weight excluding hydrogens is 476 g/mol. The van der Waals surface area contributed by atoms with Gasteiger partial charge in [-0.15, -0.1) is 0 Å². The Labute approximate surface area is 218 Å². The van der Waals surface area contributed by atoms with E-state index in [0.717, 1.165) is 0 Å². The first-order chi connectivity index (χ1) is 17.1. The summed E-state index contributed by atoms with van der Waals surface area (Å²) in [7, 11) is 0. The number of aliphatic hydroxyl groups excluding tert-OH is 3. The van der Waals surface area contributed by atoms with Gasteiger partial charge in [-0.05, 0) is 93.8 Å². The highest BCUT2D eigenvalue weighted by molar-refractivity contribution is 5.95. The Hall–Kier alpha value is -1.58. The lowest BCUT2D eigenvalue weighted by Gasteiger charge is -2.60. The molecule has 0 bridgehead atoms. The fourth-order valence-electron chi connectivity index (χ4n) is 9.08. The average Bonchev–Trinajstić information content (AvgIpc) is 3.09. The summed E-state index contributed by atoms with van der Waals surface area (Å²) in [6.07, 6.45) is 0.917. The minimum absolute atomic E-state index is 0.112. The van der Waals surface area contributed by atoms with Crippen molar-refractivity contribution in [3.8, 4) is 0 Å². The molecule has 4 aliphatic carbocycles. The molecule has 5 N–H and O–H groups in total. The Kier molecular flexibility index (Phi) is 6.17. The smallest absolute Gasteiger partial charge is 0.334 e. The van der Waals surface area contributed by atoms with Gasteiger partial charge in [0.2, 0.25) is 0 Å². The Morgan fingerprint density at radius 2 is 1.78 bits per heavy atom. The number of rotatable bonds is 3. The highest BCUT2D eigenvalue weighted by Crippen LogP contribution is 2.68. The van der Waals surface area contributed by atoms with E-state index in [2.05, 4.69) is 0 Å². The molecule has 3 fully saturated rings. The summed E-state index contributed by atoms with van der Waals surface area (Å²) < 4.78 is 5.69. The van der Waals surface area contributed by atoms with E-state index < -0.39 is 64.3 Å². The molecule has 206 valence electrons. The van der Waals surface area contributed by atoms with Crippen LogP contribution in [0.1, 0.15) is 79.6 Å². The fraction of sp³-hybridized carbons (Fsp3) is 0.793. The molecule has 0 radical (unpaired) electrons. The van der Waals surface area contributed by atoms with Crippen molar-refractivity contribution in [3.05, 3.63) is 22.8 Å². The molecule has 1 aliphatic heterocycles. The predicted molar refractivity (Wildman–Crippen MR) is 134 cm³/mol. The molecular formula is C29H42O8. The summed E-state index contributed by atoms with van der Waals surface area (Å²) in [6, 6.07) is 0. The Balaban J connectivity index is 1.50. The van der Waals surface area contributed by atoms with Crippen molar-refractivity contribution in [2.75, 3.05) is 0 Å². The summed E-state index contributed by atoms with van der Waals surface area (Å²) in [5, 5.41) is 55.4. The number of ether oxygens (including phenoxy) is 1. The number of esters is 1. The zero-order chi connectivity index (χ0) is 27.3. The summed E-state index contributed by atoms with van der Waals surface area (Å²) in [6.45, 7) is 8.85. The third kappa shape index (κ3) is 3.59. The molecule has 1 unspecified atom stereocenters. The largest absolute Gasteiger partial charge is 0.456 e. The molecule has 8 heteroatoms. The number of aliphatic hydroxyl groups is 5. The second-order valence-electron chi connectivity index (χ2n) is 13.2. The topological polar surface area (TPSA) is 145 Å². The lowest BCUT2D eigenvalue weighted by atomic mass is 9.45. The van der Waals surface area contributed by atoms with Gasteiger partial charge in [0.15, 0.2) is 5.78 Å². The van der Waals surface area contributed by atoms with Crippen LogP contribution < -0.4 is 0 Å². The van der Waals surface area contributed by atoms with Gasteiger partial charge in [0, 0.05) is 23.3 Å². The first-order valence-electron chi connectivity index (χ1n) is 13.7. The molecule has 3 saturated carbocycles. The molecule has 0 aromatic heterocycles. The van der Waals surface area contributed by atoms with Gasteiger partial charge in [0.25, 0.3) is 0 Å². The number of ketones is 1. The lowest BCUT2D eigenvalue weighted by molar-refractivity contribution is -0.191. The summed E-state index contributed by atoms with van der Waals surface area (Å²) in [4.78, 5) is 26.0. The average molecular weight is 519 g/mol. The van der Waals surface area contributed by atoms with E-state index in [4.69, 9.17) is 4.74 Å². The maximum atomic E-state index is 13.4. The number of hydrogen-bond donors (Lipinski definition) is 5. The van der Waals surface area contributed by atoms with Crippen LogP contribution in [0.5, 0.6) is 0 Å². The van der Waals surface area contributed by atoms with Gasteiger partial charge in [0.1, 0.15) is 11.7 Å². The molecule has 11 atom stereocenters. The molecule has 0 aromatic carbocycles. The van der Waals surface area contributed by atoms with Crippen LogP contribution in [-0.4, -0.2) is 72.9 Å². The van der Waals surface area contributed by atoms with Crippen molar-refractivity contribution in [1.82, 2.24) is 0 Å². The van der Waals surface area contributed by atoms with E-state index >= 15 is 0 Å². The quantitative estimate of drug-likeness (QED) is 0.357. The van der Waals surface area contributed by atoms with E-state index in [9.17, 15) is 35.1 Å². The van der Waals surface area contributed by atoms with Gasteiger partial charge in [-0.25, -0.2) is 4.79 Å². The van der Waals surface area contributed by atoms with E-state index in [-0.39, 0.29) is 24.5 Å². The Morgan fingerprint density at radius 3 is 2.43 bits per heavy atom. The van der Waals surface area contributed by atoms with E-state index in [1.165, 1.54) is 0 Å². The molecule has 1 heterocycles. The summed E-state index contributed by atoms with van der Waals surface area (Å²) in [5.41, 5.74) is -2.53. The third-order valence-corrected chi connectivity index (χ3v) is 11.4. The van der Waals surface area contributed by atoms with E-state index in [0.29, 0.717) is 48.8 Å². The highest BCUT2D eigenvalue weighted by Gasteiger charge is 2.69. The molecule has 37 heavy (non-hydrogen) atoms. The maximum absolute atomic E-state index is 13.4. The number of hydrogen-bond acceptors (Lipinski definition) is 8. The van der Waals surface area contributed by atoms with Gasteiger partial charge in [0.05, 0.1) is 23.9 Å². The number of carbonyl (C=O) groups is 2.